The third-order valence-corrected chi connectivity index (χ3v) is 5.13. The van der Waals surface area contributed by atoms with Gasteiger partial charge in [0.15, 0.2) is 0 Å². The Balaban J connectivity index is 1.58. The van der Waals surface area contributed by atoms with Crippen molar-refractivity contribution in [2.45, 2.75) is 12.5 Å². The van der Waals surface area contributed by atoms with Gasteiger partial charge in [-0.2, -0.15) is 0 Å². The number of carbonyl (C=O) groups is 2. The molecule has 6 nitrogen and oxygen atoms in total. The van der Waals surface area contributed by atoms with E-state index in [1.807, 2.05) is 48.5 Å². The maximum Gasteiger partial charge on any atom is 0.247 e. The van der Waals surface area contributed by atoms with Crippen molar-refractivity contribution in [1.82, 2.24) is 10.2 Å². The standard InChI is InChI=1S/C21H22N2O4/c1-26-17-7-8-18-15(12-17)11-16(13-27-18)21(25)23-10-9-22-20(24)19(23)14-5-3-2-4-6-14/h2-8,12,16,19H,9-11,13H2,1H3,(H,22,24). The molecular formula is C21H22N2O4. The highest BCUT2D eigenvalue weighted by Crippen LogP contribution is 2.33. The van der Waals surface area contributed by atoms with Crippen LogP contribution in [0.4, 0.5) is 0 Å². The van der Waals surface area contributed by atoms with Crippen LogP contribution in [0.15, 0.2) is 48.5 Å². The van der Waals surface area contributed by atoms with Gasteiger partial charge in [0.25, 0.3) is 0 Å². The molecule has 0 spiro atoms. The first-order chi connectivity index (χ1) is 13.2. The van der Waals surface area contributed by atoms with Crippen molar-refractivity contribution in [3.05, 3.63) is 59.7 Å². The number of carbonyl (C=O) groups excluding carboxylic acids is 2. The highest BCUT2D eigenvalue weighted by molar-refractivity contribution is 5.90. The number of nitrogens with one attached hydrogen (secondary N) is 1. The molecule has 2 atom stereocenters. The molecule has 2 heterocycles. The fourth-order valence-electron chi connectivity index (χ4n) is 3.76. The molecule has 0 bridgehead atoms. The fraction of sp³-hybridized carbons (Fsp3) is 0.333. The van der Waals surface area contributed by atoms with E-state index in [0.717, 1.165) is 22.6 Å². The molecule has 0 aliphatic carbocycles. The van der Waals surface area contributed by atoms with Crippen LogP contribution in [-0.4, -0.2) is 43.5 Å². The number of nitrogens with zero attached hydrogens (tertiary/aromatic N) is 1. The van der Waals surface area contributed by atoms with Crippen molar-refractivity contribution in [1.29, 1.82) is 0 Å². The molecule has 2 unspecified atom stereocenters. The van der Waals surface area contributed by atoms with Gasteiger partial charge in [0.05, 0.1) is 13.0 Å². The van der Waals surface area contributed by atoms with E-state index in [4.69, 9.17) is 9.47 Å². The number of benzene rings is 2. The molecule has 2 aliphatic rings. The Morgan fingerprint density at radius 3 is 2.81 bits per heavy atom. The molecule has 0 saturated carbocycles. The molecular weight excluding hydrogens is 344 g/mol. The van der Waals surface area contributed by atoms with E-state index >= 15 is 0 Å². The van der Waals surface area contributed by atoms with E-state index in [-0.39, 0.29) is 17.7 Å². The molecule has 0 aromatic heterocycles. The number of rotatable bonds is 3. The smallest absolute Gasteiger partial charge is 0.247 e. The van der Waals surface area contributed by atoms with E-state index in [9.17, 15) is 9.59 Å². The zero-order chi connectivity index (χ0) is 18.8. The lowest BCUT2D eigenvalue weighted by Gasteiger charge is -2.38. The van der Waals surface area contributed by atoms with Crippen molar-refractivity contribution in [2.75, 3.05) is 26.8 Å². The predicted octanol–water partition coefficient (Wildman–Crippen LogP) is 1.95. The largest absolute Gasteiger partial charge is 0.497 e. The molecule has 1 fully saturated rings. The summed E-state index contributed by atoms with van der Waals surface area (Å²) in [6.07, 6.45) is 0.574. The van der Waals surface area contributed by atoms with E-state index in [2.05, 4.69) is 5.32 Å². The topological polar surface area (TPSA) is 67.9 Å². The van der Waals surface area contributed by atoms with Crippen LogP contribution in [0.3, 0.4) is 0 Å². The average Bonchev–Trinajstić information content (AvgIpc) is 2.72. The van der Waals surface area contributed by atoms with Crippen molar-refractivity contribution >= 4 is 11.8 Å². The number of fused-ring (bicyclic) bond motifs is 1. The summed E-state index contributed by atoms with van der Waals surface area (Å²) in [6, 6.07) is 14.5. The predicted molar refractivity (Wildman–Crippen MR) is 99.6 cm³/mol. The molecule has 2 aromatic carbocycles. The number of piperazine rings is 1. The lowest BCUT2D eigenvalue weighted by molar-refractivity contribution is -0.147. The van der Waals surface area contributed by atoms with Gasteiger partial charge in [-0.25, -0.2) is 0 Å². The summed E-state index contributed by atoms with van der Waals surface area (Å²) in [5.41, 5.74) is 1.78. The van der Waals surface area contributed by atoms with Crippen LogP contribution in [0.5, 0.6) is 11.5 Å². The molecule has 1 saturated heterocycles. The summed E-state index contributed by atoms with van der Waals surface area (Å²) >= 11 is 0. The van der Waals surface area contributed by atoms with Gasteiger partial charge in [0, 0.05) is 13.1 Å². The minimum Gasteiger partial charge on any atom is -0.497 e. The molecule has 27 heavy (non-hydrogen) atoms. The molecule has 4 rings (SSSR count). The molecule has 2 aromatic rings. The Morgan fingerprint density at radius 2 is 2.04 bits per heavy atom. The molecule has 0 radical (unpaired) electrons. The van der Waals surface area contributed by atoms with Crippen molar-refractivity contribution in [2.24, 2.45) is 5.92 Å². The SMILES string of the molecule is COc1ccc2c(c1)CC(C(=O)N1CCNC(=O)C1c1ccccc1)CO2. The second-order valence-electron chi connectivity index (χ2n) is 6.82. The van der Waals surface area contributed by atoms with Crippen molar-refractivity contribution < 1.29 is 19.1 Å². The highest BCUT2D eigenvalue weighted by atomic mass is 16.5. The van der Waals surface area contributed by atoms with Crippen molar-refractivity contribution in [3.8, 4) is 11.5 Å². The Hall–Kier alpha value is -3.02. The lowest BCUT2D eigenvalue weighted by Crippen LogP contribution is -2.54. The van der Waals surface area contributed by atoms with Gasteiger partial charge in [-0.15, -0.1) is 0 Å². The lowest BCUT2D eigenvalue weighted by atomic mass is 9.93. The van der Waals surface area contributed by atoms with Gasteiger partial charge >= 0.3 is 0 Å². The zero-order valence-corrected chi connectivity index (χ0v) is 15.2. The molecule has 6 heteroatoms. The maximum atomic E-state index is 13.3. The minimum atomic E-state index is -0.598. The summed E-state index contributed by atoms with van der Waals surface area (Å²) in [5, 5.41) is 2.87. The van der Waals surface area contributed by atoms with E-state index in [1.165, 1.54) is 0 Å². The van der Waals surface area contributed by atoms with Crippen LogP contribution >= 0.6 is 0 Å². The molecule has 140 valence electrons. The Morgan fingerprint density at radius 1 is 1.22 bits per heavy atom. The average molecular weight is 366 g/mol. The summed E-state index contributed by atoms with van der Waals surface area (Å²) in [6.45, 7) is 1.27. The molecule has 1 N–H and O–H groups in total. The first-order valence-corrected chi connectivity index (χ1v) is 9.10. The number of hydrogen-bond acceptors (Lipinski definition) is 4. The van der Waals surface area contributed by atoms with Crippen LogP contribution in [0.2, 0.25) is 0 Å². The normalized spacial score (nSPS) is 21.7. The number of amides is 2. The fourth-order valence-corrected chi connectivity index (χ4v) is 3.76. The van der Waals surface area contributed by atoms with Gasteiger partial charge in [0.2, 0.25) is 11.8 Å². The third kappa shape index (κ3) is 3.35. The maximum absolute atomic E-state index is 13.3. The summed E-state index contributed by atoms with van der Waals surface area (Å²) in [4.78, 5) is 27.5. The van der Waals surface area contributed by atoms with Crippen LogP contribution < -0.4 is 14.8 Å². The first kappa shape index (κ1) is 17.4. The Labute approximate surface area is 158 Å². The zero-order valence-electron chi connectivity index (χ0n) is 15.2. The molecule has 2 aliphatic heterocycles. The number of ether oxygens (including phenoxy) is 2. The van der Waals surface area contributed by atoms with E-state index in [0.29, 0.717) is 26.1 Å². The van der Waals surface area contributed by atoms with Crippen LogP contribution in [0.1, 0.15) is 17.2 Å². The van der Waals surface area contributed by atoms with Gasteiger partial charge in [-0.05, 0) is 35.7 Å². The summed E-state index contributed by atoms with van der Waals surface area (Å²) in [7, 11) is 1.62. The van der Waals surface area contributed by atoms with Gasteiger partial charge < -0.3 is 19.7 Å². The van der Waals surface area contributed by atoms with Gasteiger partial charge in [0.1, 0.15) is 24.1 Å². The second kappa shape index (κ2) is 7.31. The first-order valence-electron chi connectivity index (χ1n) is 9.10. The second-order valence-corrected chi connectivity index (χ2v) is 6.82. The van der Waals surface area contributed by atoms with Gasteiger partial charge in [-0.3, -0.25) is 9.59 Å². The summed E-state index contributed by atoms with van der Waals surface area (Å²) in [5.74, 6) is 1.02. The van der Waals surface area contributed by atoms with E-state index in [1.54, 1.807) is 12.0 Å². The van der Waals surface area contributed by atoms with Crippen LogP contribution in [0.25, 0.3) is 0 Å². The highest BCUT2D eigenvalue weighted by Gasteiger charge is 2.38. The quantitative estimate of drug-likeness (QED) is 0.902. The summed E-state index contributed by atoms with van der Waals surface area (Å²) < 4.78 is 11.1. The van der Waals surface area contributed by atoms with Gasteiger partial charge in [-0.1, -0.05) is 30.3 Å². The number of hydrogen-bond donors (Lipinski definition) is 1. The molecule has 2 amide bonds. The van der Waals surface area contributed by atoms with Crippen LogP contribution in [-0.2, 0) is 16.0 Å². The Kier molecular flexibility index (Phi) is 4.71. The Bertz CT molecular complexity index is 853. The minimum absolute atomic E-state index is 0.0489. The van der Waals surface area contributed by atoms with Crippen LogP contribution in [0, 0.1) is 5.92 Å². The third-order valence-electron chi connectivity index (χ3n) is 5.13. The van der Waals surface area contributed by atoms with Crippen molar-refractivity contribution in [3.63, 3.8) is 0 Å². The monoisotopic (exact) mass is 366 g/mol. The van der Waals surface area contributed by atoms with E-state index < -0.39 is 6.04 Å². The number of methoxy groups -OCH3 is 1.